The molecule has 128 valence electrons. The quantitative estimate of drug-likeness (QED) is 0.719. The molecule has 0 amide bonds. The van der Waals surface area contributed by atoms with Gasteiger partial charge in [-0.05, 0) is 44.6 Å². The number of nitrogens with one attached hydrogen (secondary N) is 2. The SMILES string of the molecule is NC1CC(c2nnc(CNCc3cc(C4CC4)n[nH]3)n2C2CC2)C1. The molecule has 0 aromatic carbocycles. The van der Waals surface area contributed by atoms with Crippen molar-refractivity contribution in [2.75, 3.05) is 0 Å². The Bertz CT molecular complexity index is 719. The zero-order chi connectivity index (χ0) is 16.1. The highest BCUT2D eigenvalue weighted by Gasteiger charge is 2.36. The Labute approximate surface area is 141 Å². The number of nitrogens with zero attached hydrogens (tertiary/aromatic N) is 4. The molecule has 4 N–H and O–H groups in total. The van der Waals surface area contributed by atoms with Crippen LogP contribution in [-0.4, -0.2) is 31.0 Å². The molecule has 0 unspecified atom stereocenters. The van der Waals surface area contributed by atoms with Gasteiger partial charge in [0.1, 0.15) is 11.6 Å². The van der Waals surface area contributed by atoms with Gasteiger partial charge in [0.05, 0.1) is 12.2 Å². The van der Waals surface area contributed by atoms with Gasteiger partial charge in [-0.1, -0.05) is 0 Å². The summed E-state index contributed by atoms with van der Waals surface area (Å²) in [4.78, 5) is 0. The first-order chi connectivity index (χ1) is 11.8. The molecule has 24 heavy (non-hydrogen) atoms. The van der Waals surface area contributed by atoms with Crippen LogP contribution >= 0.6 is 0 Å². The van der Waals surface area contributed by atoms with E-state index in [2.05, 4.69) is 36.3 Å². The van der Waals surface area contributed by atoms with Gasteiger partial charge >= 0.3 is 0 Å². The lowest BCUT2D eigenvalue weighted by Gasteiger charge is -2.31. The van der Waals surface area contributed by atoms with Gasteiger partial charge in [-0.3, -0.25) is 5.10 Å². The van der Waals surface area contributed by atoms with Crippen molar-refractivity contribution in [2.24, 2.45) is 5.73 Å². The Balaban J connectivity index is 1.23. The summed E-state index contributed by atoms with van der Waals surface area (Å²) in [5.41, 5.74) is 8.32. The van der Waals surface area contributed by atoms with E-state index < -0.39 is 0 Å². The van der Waals surface area contributed by atoms with Crippen LogP contribution in [0.3, 0.4) is 0 Å². The molecule has 0 spiro atoms. The van der Waals surface area contributed by atoms with Crippen molar-refractivity contribution < 1.29 is 0 Å². The molecule has 2 aromatic heterocycles. The van der Waals surface area contributed by atoms with Crippen LogP contribution in [-0.2, 0) is 13.1 Å². The summed E-state index contributed by atoms with van der Waals surface area (Å²) in [6.45, 7) is 1.54. The molecule has 3 aliphatic carbocycles. The Kier molecular flexibility index (Phi) is 3.45. The second-order valence-electron chi connectivity index (χ2n) is 7.70. The highest BCUT2D eigenvalue weighted by atomic mass is 15.3. The number of aromatic nitrogens is 5. The maximum absolute atomic E-state index is 5.95. The molecule has 0 aliphatic heterocycles. The summed E-state index contributed by atoms with van der Waals surface area (Å²) in [6, 6.07) is 3.15. The lowest BCUT2D eigenvalue weighted by molar-refractivity contribution is 0.327. The lowest BCUT2D eigenvalue weighted by Crippen LogP contribution is -2.36. The summed E-state index contributed by atoms with van der Waals surface area (Å²) in [6.07, 6.45) is 7.18. The normalized spacial score (nSPS) is 26.5. The number of aromatic amines is 1. The number of nitrogens with two attached hydrogens (primary N) is 1. The zero-order valence-electron chi connectivity index (χ0n) is 13.9. The average Bonchev–Trinajstić information content (AvgIpc) is 3.48. The van der Waals surface area contributed by atoms with Gasteiger partial charge in [-0.25, -0.2) is 0 Å². The second kappa shape index (κ2) is 5.67. The summed E-state index contributed by atoms with van der Waals surface area (Å²) < 4.78 is 2.38. The Hall–Kier alpha value is -1.73. The van der Waals surface area contributed by atoms with Crippen LogP contribution in [0.25, 0.3) is 0 Å². The molecule has 2 aromatic rings. The highest BCUT2D eigenvalue weighted by molar-refractivity contribution is 5.17. The van der Waals surface area contributed by atoms with Gasteiger partial charge < -0.3 is 15.6 Å². The first kappa shape index (κ1) is 14.6. The molecule has 3 aliphatic rings. The van der Waals surface area contributed by atoms with Crippen molar-refractivity contribution in [3.8, 4) is 0 Å². The third-order valence-electron chi connectivity index (χ3n) is 5.49. The van der Waals surface area contributed by atoms with Gasteiger partial charge in [0, 0.05) is 36.2 Å². The first-order valence-corrected chi connectivity index (χ1v) is 9.22. The predicted octanol–water partition coefficient (Wildman–Crippen LogP) is 1.71. The number of H-pyrrole nitrogens is 1. The minimum atomic E-state index is 0.349. The van der Waals surface area contributed by atoms with Crippen LogP contribution in [0.1, 0.15) is 79.4 Å². The molecule has 3 fully saturated rings. The van der Waals surface area contributed by atoms with E-state index in [0.717, 1.165) is 43.3 Å². The Morgan fingerprint density at radius 3 is 2.67 bits per heavy atom. The van der Waals surface area contributed by atoms with Crippen molar-refractivity contribution in [3.05, 3.63) is 29.1 Å². The molecular weight excluding hydrogens is 302 g/mol. The molecule has 2 heterocycles. The third-order valence-corrected chi connectivity index (χ3v) is 5.49. The lowest BCUT2D eigenvalue weighted by atomic mass is 9.80. The Morgan fingerprint density at radius 2 is 1.96 bits per heavy atom. The predicted molar refractivity (Wildman–Crippen MR) is 89.3 cm³/mol. The van der Waals surface area contributed by atoms with E-state index in [0.29, 0.717) is 23.9 Å². The topological polar surface area (TPSA) is 97.4 Å². The standard InChI is InChI=1S/C17H25N7/c18-12-5-11(6-12)17-23-22-16(24(17)14-3-4-14)9-19-8-13-7-15(21-20-13)10-1-2-10/h7,10-12,14,19H,1-6,8-9,18H2,(H,20,21). The minimum absolute atomic E-state index is 0.349. The maximum atomic E-state index is 5.95. The van der Waals surface area contributed by atoms with Crippen molar-refractivity contribution in [1.29, 1.82) is 0 Å². The fourth-order valence-electron chi connectivity index (χ4n) is 3.71. The molecular formula is C17H25N7. The van der Waals surface area contributed by atoms with Crippen LogP contribution in [0, 0.1) is 0 Å². The van der Waals surface area contributed by atoms with Crippen molar-refractivity contribution in [1.82, 2.24) is 30.3 Å². The van der Waals surface area contributed by atoms with E-state index in [1.165, 1.54) is 31.4 Å². The second-order valence-corrected chi connectivity index (χ2v) is 7.70. The van der Waals surface area contributed by atoms with E-state index in [9.17, 15) is 0 Å². The molecule has 7 heteroatoms. The molecule has 3 saturated carbocycles. The monoisotopic (exact) mass is 327 g/mol. The van der Waals surface area contributed by atoms with Crippen molar-refractivity contribution in [3.63, 3.8) is 0 Å². The summed E-state index contributed by atoms with van der Waals surface area (Å²) in [7, 11) is 0. The van der Waals surface area contributed by atoms with Gasteiger partial charge in [-0.2, -0.15) is 5.10 Å². The molecule has 0 atom stereocenters. The minimum Gasteiger partial charge on any atom is -0.328 e. The average molecular weight is 327 g/mol. The largest absolute Gasteiger partial charge is 0.328 e. The molecule has 0 bridgehead atoms. The van der Waals surface area contributed by atoms with Crippen LogP contribution in [0.2, 0.25) is 0 Å². The molecule has 7 nitrogen and oxygen atoms in total. The van der Waals surface area contributed by atoms with Gasteiger partial charge in [0.15, 0.2) is 0 Å². The fourth-order valence-corrected chi connectivity index (χ4v) is 3.71. The van der Waals surface area contributed by atoms with E-state index in [1.807, 2.05) is 0 Å². The van der Waals surface area contributed by atoms with E-state index >= 15 is 0 Å². The highest BCUT2D eigenvalue weighted by Crippen LogP contribution is 2.42. The van der Waals surface area contributed by atoms with Gasteiger partial charge in [-0.15, -0.1) is 10.2 Å². The van der Waals surface area contributed by atoms with Gasteiger partial charge in [0.25, 0.3) is 0 Å². The smallest absolute Gasteiger partial charge is 0.147 e. The van der Waals surface area contributed by atoms with Gasteiger partial charge in [0.2, 0.25) is 0 Å². The summed E-state index contributed by atoms with van der Waals surface area (Å²) in [5, 5.41) is 20.0. The van der Waals surface area contributed by atoms with E-state index in [-0.39, 0.29) is 0 Å². The third kappa shape index (κ3) is 2.75. The van der Waals surface area contributed by atoms with Crippen molar-refractivity contribution >= 4 is 0 Å². The number of rotatable bonds is 7. The molecule has 0 radical (unpaired) electrons. The van der Waals surface area contributed by atoms with Crippen LogP contribution in [0.15, 0.2) is 6.07 Å². The van der Waals surface area contributed by atoms with Crippen molar-refractivity contribution in [2.45, 2.75) is 75.5 Å². The fraction of sp³-hybridized carbons (Fsp3) is 0.706. The van der Waals surface area contributed by atoms with Crippen LogP contribution in [0.4, 0.5) is 0 Å². The Morgan fingerprint density at radius 1 is 1.12 bits per heavy atom. The van der Waals surface area contributed by atoms with E-state index in [4.69, 9.17) is 5.73 Å². The zero-order valence-corrected chi connectivity index (χ0v) is 13.9. The van der Waals surface area contributed by atoms with Crippen LogP contribution in [0.5, 0.6) is 0 Å². The maximum Gasteiger partial charge on any atom is 0.147 e. The molecule has 0 saturated heterocycles. The summed E-state index contributed by atoms with van der Waals surface area (Å²) in [5.74, 6) is 3.43. The first-order valence-electron chi connectivity index (χ1n) is 9.22. The number of hydrogen-bond donors (Lipinski definition) is 3. The molecule has 5 rings (SSSR count). The number of hydrogen-bond acceptors (Lipinski definition) is 5. The summed E-state index contributed by atoms with van der Waals surface area (Å²) >= 11 is 0. The van der Waals surface area contributed by atoms with Crippen LogP contribution < -0.4 is 11.1 Å². The van der Waals surface area contributed by atoms with E-state index in [1.54, 1.807) is 0 Å².